The maximum atomic E-state index is 12.7. The third-order valence-corrected chi connectivity index (χ3v) is 4.66. The molecule has 0 bridgehead atoms. The monoisotopic (exact) mass is 390 g/mol. The Hall–Kier alpha value is -3.31. The van der Waals surface area contributed by atoms with Gasteiger partial charge in [-0.2, -0.15) is 0 Å². The molecule has 0 saturated heterocycles. The highest BCUT2D eigenvalue weighted by Gasteiger charge is 2.16. The van der Waals surface area contributed by atoms with Crippen LogP contribution in [-0.2, 0) is 0 Å². The van der Waals surface area contributed by atoms with E-state index >= 15 is 0 Å². The predicted octanol–water partition coefficient (Wildman–Crippen LogP) is 4.52. The number of amides is 1. The van der Waals surface area contributed by atoms with Crippen LogP contribution in [-0.4, -0.2) is 38.6 Å². The number of nitrogens with zero attached hydrogens (tertiary/aromatic N) is 1. The molecule has 3 aromatic carbocycles. The first-order valence-corrected chi connectivity index (χ1v) is 9.48. The van der Waals surface area contributed by atoms with Crippen LogP contribution in [0.15, 0.2) is 78.9 Å². The maximum absolute atomic E-state index is 12.7. The lowest BCUT2D eigenvalue weighted by atomic mass is 10.1. The number of likely N-dealkylation sites (N-methyl/N-ethyl adjacent to an activating group) is 1. The highest BCUT2D eigenvalue weighted by molar-refractivity contribution is 5.94. The summed E-state index contributed by atoms with van der Waals surface area (Å²) in [4.78, 5) is 14.8. The standard InChI is InChI=1S/C24H26N2O3/c1-26(2)23(18-12-14-20(28-3)15-13-18)17-25-24(27)19-8-7-11-22(16-19)29-21-9-5-4-6-10-21/h4-16,23H,17H2,1-3H3,(H,25,27)/t23-/m1/s1. The van der Waals surface area contributed by atoms with Crippen LogP contribution in [0.1, 0.15) is 22.0 Å². The van der Waals surface area contributed by atoms with Crippen LogP contribution >= 0.6 is 0 Å². The van der Waals surface area contributed by atoms with E-state index in [4.69, 9.17) is 9.47 Å². The first-order valence-electron chi connectivity index (χ1n) is 9.48. The largest absolute Gasteiger partial charge is 0.497 e. The van der Waals surface area contributed by atoms with Gasteiger partial charge in [0.05, 0.1) is 13.2 Å². The minimum atomic E-state index is -0.135. The number of nitrogens with one attached hydrogen (secondary N) is 1. The van der Waals surface area contributed by atoms with Crippen molar-refractivity contribution in [2.24, 2.45) is 0 Å². The number of carbonyl (C=O) groups is 1. The second-order valence-corrected chi connectivity index (χ2v) is 6.91. The Kier molecular flexibility index (Phi) is 6.87. The second-order valence-electron chi connectivity index (χ2n) is 6.91. The van der Waals surface area contributed by atoms with E-state index in [2.05, 4.69) is 10.2 Å². The Morgan fingerprint density at radius 1 is 0.897 bits per heavy atom. The van der Waals surface area contributed by atoms with E-state index in [1.165, 1.54) is 0 Å². The summed E-state index contributed by atoms with van der Waals surface area (Å²) < 4.78 is 11.0. The van der Waals surface area contributed by atoms with Gasteiger partial charge in [-0.1, -0.05) is 36.4 Å². The van der Waals surface area contributed by atoms with Gasteiger partial charge in [0.2, 0.25) is 0 Å². The zero-order chi connectivity index (χ0) is 20.6. The molecule has 0 spiro atoms. The molecular weight excluding hydrogens is 364 g/mol. The predicted molar refractivity (Wildman–Crippen MR) is 115 cm³/mol. The topological polar surface area (TPSA) is 50.8 Å². The Balaban J connectivity index is 1.66. The van der Waals surface area contributed by atoms with Crippen LogP contribution in [0.5, 0.6) is 17.2 Å². The van der Waals surface area contributed by atoms with E-state index in [0.717, 1.165) is 17.1 Å². The number of ether oxygens (including phenoxy) is 2. The SMILES string of the molecule is COc1ccc([C@@H](CNC(=O)c2cccc(Oc3ccccc3)c2)N(C)C)cc1. The molecule has 5 nitrogen and oxygen atoms in total. The van der Waals surface area contributed by atoms with Crippen molar-refractivity contribution in [3.05, 3.63) is 90.0 Å². The molecule has 1 N–H and O–H groups in total. The van der Waals surface area contributed by atoms with E-state index in [1.54, 1.807) is 19.2 Å². The summed E-state index contributed by atoms with van der Waals surface area (Å²) in [5.41, 5.74) is 1.67. The van der Waals surface area contributed by atoms with Gasteiger partial charge < -0.3 is 19.7 Å². The zero-order valence-electron chi connectivity index (χ0n) is 17.0. The van der Waals surface area contributed by atoms with Crippen LogP contribution in [0, 0.1) is 0 Å². The number of hydrogen-bond donors (Lipinski definition) is 1. The van der Waals surface area contributed by atoms with Crippen LogP contribution in [0.25, 0.3) is 0 Å². The molecule has 0 aliphatic rings. The summed E-state index contributed by atoms with van der Waals surface area (Å²) >= 11 is 0. The fourth-order valence-corrected chi connectivity index (χ4v) is 3.04. The molecule has 0 heterocycles. The van der Waals surface area contributed by atoms with Gasteiger partial charge in [0.15, 0.2) is 0 Å². The van der Waals surface area contributed by atoms with Gasteiger partial charge in [0.1, 0.15) is 17.2 Å². The van der Waals surface area contributed by atoms with E-state index < -0.39 is 0 Å². The number of methoxy groups -OCH3 is 1. The summed E-state index contributed by atoms with van der Waals surface area (Å²) in [7, 11) is 5.64. The van der Waals surface area contributed by atoms with Crippen molar-refractivity contribution in [1.82, 2.24) is 10.2 Å². The number of carbonyl (C=O) groups excluding carboxylic acids is 1. The van der Waals surface area contributed by atoms with Crippen LogP contribution in [0.2, 0.25) is 0 Å². The summed E-state index contributed by atoms with van der Waals surface area (Å²) in [6.45, 7) is 0.488. The summed E-state index contributed by atoms with van der Waals surface area (Å²) in [6.07, 6.45) is 0. The molecule has 3 aromatic rings. The zero-order valence-corrected chi connectivity index (χ0v) is 17.0. The highest BCUT2D eigenvalue weighted by atomic mass is 16.5. The number of hydrogen-bond acceptors (Lipinski definition) is 4. The molecule has 150 valence electrons. The molecule has 0 aliphatic carbocycles. The quantitative estimate of drug-likeness (QED) is 0.614. The average molecular weight is 390 g/mol. The van der Waals surface area contributed by atoms with Crippen molar-refractivity contribution in [3.63, 3.8) is 0 Å². The lowest BCUT2D eigenvalue weighted by molar-refractivity contribution is 0.0941. The first kappa shape index (κ1) is 20.4. The van der Waals surface area contributed by atoms with Crippen molar-refractivity contribution in [3.8, 4) is 17.2 Å². The molecule has 0 fully saturated rings. The lowest BCUT2D eigenvalue weighted by Crippen LogP contribution is -2.34. The third kappa shape index (κ3) is 5.59. The van der Waals surface area contributed by atoms with Crippen LogP contribution in [0.3, 0.4) is 0 Å². The van der Waals surface area contributed by atoms with E-state index in [-0.39, 0.29) is 11.9 Å². The summed E-state index contributed by atoms with van der Waals surface area (Å²) in [5.74, 6) is 2.04. The first-order chi connectivity index (χ1) is 14.1. The fourth-order valence-electron chi connectivity index (χ4n) is 3.04. The van der Waals surface area contributed by atoms with Crippen molar-refractivity contribution < 1.29 is 14.3 Å². The molecule has 0 aromatic heterocycles. The van der Waals surface area contributed by atoms with E-state index in [1.807, 2.05) is 80.8 Å². The molecule has 0 saturated carbocycles. The van der Waals surface area contributed by atoms with Gasteiger partial charge in [-0.3, -0.25) is 4.79 Å². The van der Waals surface area contributed by atoms with Crippen LogP contribution in [0.4, 0.5) is 0 Å². The van der Waals surface area contributed by atoms with Gasteiger partial charge in [-0.05, 0) is 62.1 Å². The normalized spacial score (nSPS) is 11.7. The number of para-hydroxylation sites is 1. The molecule has 0 radical (unpaired) electrons. The molecule has 29 heavy (non-hydrogen) atoms. The summed E-state index contributed by atoms with van der Waals surface area (Å²) in [6, 6.07) is 24.6. The highest BCUT2D eigenvalue weighted by Crippen LogP contribution is 2.23. The van der Waals surface area contributed by atoms with Crippen LogP contribution < -0.4 is 14.8 Å². The van der Waals surface area contributed by atoms with Gasteiger partial charge in [0.25, 0.3) is 5.91 Å². The number of rotatable bonds is 8. The lowest BCUT2D eigenvalue weighted by Gasteiger charge is -2.25. The third-order valence-electron chi connectivity index (χ3n) is 4.66. The minimum absolute atomic E-state index is 0.0496. The average Bonchev–Trinajstić information content (AvgIpc) is 2.75. The molecule has 5 heteroatoms. The van der Waals surface area contributed by atoms with Crippen molar-refractivity contribution in [2.75, 3.05) is 27.7 Å². The van der Waals surface area contributed by atoms with Crippen molar-refractivity contribution in [2.45, 2.75) is 6.04 Å². The van der Waals surface area contributed by atoms with E-state index in [9.17, 15) is 4.79 Å². The summed E-state index contributed by atoms with van der Waals surface area (Å²) in [5, 5.41) is 3.03. The minimum Gasteiger partial charge on any atom is -0.497 e. The van der Waals surface area contributed by atoms with Gasteiger partial charge >= 0.3 is 0 Å². The van der Waals surface area contributed by atoms with Gasteiger partial charge in [0, 0.05) is 12.1 Å². The van der Waals surface area contributed by atoms with Gasteiger partial charge in [-0.15, -0.1) is 0 Å². The molecule has 1 amide bonds. The Morgan fingerprint density at radius 2 is 1.59 bits per heavy atom. The Morgan fingerprint density at radius 3 is 2.24 bits per heavy atom. The van der Waals surface area contributed by atoms with Gasteiger partial charge in [-0.25, -0.2) is 0 Å². The number of benzene rings is 3. The molecule has 3 rings (SSSR count). The fraction of sp³-hybridized carbons (Fsp3) is 0.208. The van der Waals surface area contributed by atoms with Crippen molar-refractivity contribution in [1.29, 1.82) is 0 Å². The molecule has 0 unspecified atom stereocenters. The Labute approximate surface area is 171 Å². The second kappa shape index (κ2) is 9.75. The smallest absolute Gasteiger partial charge is 0.251 e. The molecule has 0 aliphatic heterocycles. The Bertz CT molecular complexity index is 924. The maximum Gasteiger partial charge on any atom is 0.251 e. The molecular formula is C24H26N2O3. The van der Waals surface area contributed by atoms with E-state index in [0.29, 0.717) is 17.9 Å². The van der Waals surface area contributed by atoms with Crippen molar-refractivity contribution >= 4 is 5.91 Å². The molecule has 1 atom stereocenters.